The predicted octanol–water partition coefficient (Wildman–Crippen LogP) is 3.92. The summed E-state index contributed by atoms with van der Waals surface area (Å²) < 4.78 is 1.83. The van der Waals surface area contributed by atoms with Gasteiger partial charge in [-0.1, -0.05) is 26.0 Å². The van der Waals surface area contributed by atoms with Crippen molar-refractivity contribution in [3.8, 4) is 11.3 Å². The number of hydrogen-bond donors (Lipinski definition) is 3. The summed E-state index contributed by atoms with van der Waals surface area (Å²) in [5, 5.41) is 13.0. The van der Waals surface area contributed by atoms with Crippen LogP contribution >= 0.6 is 0 Å². The summed E-state index contributed by atoms with van der Waals surface area (Å²) in [6.45, 7) is 16.0. The maximum Gasteiger partial charge on any atom is 0.251 e. The second-order valence-electron chi connectivity index (χ2n) is 7.89. The van der Waals surface area contributed by atoms with Crippen molar-refractivity contribution >= 4 is 11.6 Å². The first-order valence-corrected chi connectivity index (χ1v) is 11.0. The van der Waals surface area contributed by atoms with Crippen molar-refractivity contribution in [2.75, 3.05) is 0 Å². The van der Waals surface area contributed by atoms with Crippen molar-refractivity contribution in [1.82, 2.24) is 25.3 Å². The van der Waals surface area contributed by atoms with E-state index in [0.29, 0.717) is 22.5 Å². The molecule has 1 amide bonds. The Hall–Kier alpha value is -2.87. The molecule has 172 valence electrons. The molecule has 1 aromatic carbocycles. The smallest absolute Gasteiger partial charge is 0.251 e. The molecule has 0 bridgehead atoms. The van der Waals surface area contributed by atoms with Gasteiger partial charge in [0.05, 0.1) is 17.9 Å². The number of amides is 1. The van der Waals surface area contributed by atoms with Crippen molar-refractivity contribution in [3.05, 3.63) is 41.7 Å². The van der Waals surface area contributed by atoms with Gasteiger partial charge in [-0.15, -0.1) is 5.10 Å². The van der Waals surface area contributed by atoms with Gasteiger partial charge in [0, 0.05) is 35.0 Å². The van der Waals surface area contributed by atoms with E-state index in [0.717, 1.165) is 12.0 Å². The number of nitrogens with one attached hydrogen (secondary N) is 1. The molecule has 31 heavy (non-hydrogen) atoms. The number of rotatable bonds is 8. The summed E-state index contributed by atoms with van der Waals surface area (Å²) in [4.78, 5) is 12.7. The van der Waals surface area contributed by atoms with E-state index < -0.39 is 0 Å². The molecule has 1 heterocycles. The summed E-state index contributed by atoms with van der Waals surface area (Å²) in [6, 6.07) is 5.83. The minimum atomic E-state index is -0.168. The van der Waals surface area contributed by atoms with Crippen LogP contribution in [0.3, 0.4) is 0 Å². The maximum atomic E-state index is 12.7. The molecule has 8 nitrogen and oxygen atoms in total. The second-order valence-corrected chi connectivity index (χ2v) is 7.89. The number of hydrogen-bond acceptors (Lipinski definition) is 6. The van der Waals surface area contributed by atoms with Crippen molar-refractivity contribution in [1.29, 1.82) is 0 Å². The van der Waals surface area contributed by atoms with Gasteiger partial charge in [-0.3, -0.25) is 4.79 Å². The standard InChI is InChI=1S/C21H33N7O.C2H6/c1-7-15(6)28-12-20(25-26-28)17-8-16(19(22)11-27(23)14(4)5)9-18(10-17)21(29)24-13(2)3;1-2/h8-15H,7,22-23H2,1-6H3,(H,24,29);1-2H3/b19-11-;. The Kier molecular flexibility index (Phi) is 10.2. The number of carbonyl (C=O) groups is 1. The summed E-state index contributed by atoms with van der Waals surface area (Å²) in [5.74, 6) is 5.82. The number of carbonyl (C=O) groups excluding carboxylic acids is 1. The third-order valence-electron chi connectivity index (χ3n) is 4.68. The van der Waals surface area contributed by atoms with Crippen LogP contribution in [-0.2, 0) is 0 Å². The molecule has 0 radical (unpaired) electrons. The van der Waals surface area contributed by atoms with Crippen molar-refractivity contribution < 1.29 is 4.79 Å². The van der Waals surface area contributed by atoms with E-state index in [1.54, 1.807) is 12.3 Å². The first kappa shape index (κ1) is 26.2. The quantitative estimate of drug-likeness (QED) is 0.433. The average Bonchev–Trinajstić information content (AvgIpc) is 3.24. The Labute approximate surface area is 186 Å². The van der Waals surface area contributed by atoms with Crippen molar-refractivity contribution in [2.45, 2.75) is 79.9 Å². The summed E-state index contributed by atoms with van der Waals surface area (Å²) >= 11 is 0. The van der Waals surface area contributed by atoms with Crippen LogP contribution in [0, 0.1) is 0 Å². The van der Waals surface area contributed by atoms with Gasteiger partial charge in [-0.25, -0.2) is 10.5 Å². The van der Waals surface area contributed by atoms with Crippen LogP contribution in [-0.4, -0.2) is 38.0 Å². The van der Waals surface area contributed by atoms with Crippen LogP contribution in [0.25, 0.3) is 17.0 Å². The van der Waals surface area contributed by atoms with E-state index in [4.69, 9.17) is 11.6 Å². The first-order valence-electron chi connectivity index (χ1n) is 11.0. The topological polar surface area (TPSA) is 115 Å². The highest BCUT2D eigenvalue weighted by molar-refractivity contribution is 5.96. The van der Waals surface area contributed by atoms with E-state index in [9.17, 15) is 4.79 Å². The van der Waals surface area contributed by atoms with Crippen LogP contribution in [0.1, 0.15) is 83.8 Å². The lowest BCUT2D eigenvalue weighted by Crippen LogP contribution is -2.33. The molecule has 0 saturated heterocycles. The number of benzene rings is 1. The number of nitrogens with zero attached hydrogens (tertiary/aromatic N) is 4. The van der Waals surface area contributed by atoms with Gasteiger partial charge >= 0.3 is 0 Å². The van der Waals surface area contributed by atoms with Crippen LogP contribution in [0.2, 0.25) is 0 Å². The van der Waals surface area contributed by atoms with Gasteiger partial charge in [-0.05, 0) is 59.2 Å². The molecule has 0 spiro atoms. The first-order chi connectivity index (χ1) is 14.6. The molecule has 0 fully saturated rings. The molecule has 2 aromatic rings. The third-order valence-corrected chi connectivity index (χ3v) is 4.68. The minimum absolute atomic E-state index is 0.0225. The van der Waals surface area contributed by atoms with Gasteiger partial charge in [0.25, 0.3) is 5.91 Å². The van der Waals surface area contributed by atoms with Crippen LogP contribution in [0.5, 0.6) is 0 Å². The normalized spacial score (nSPS) is 12.4. The average molecular weight is 430 g/mol. The van der Waals surface area contributed by atoms with Gasteiger partial charge in [-0.2, -0.15) is 0 Å². The molecule has 0 aliphatic heterocycles. The summed E-state index contributed by atoms with van der Waals surface area (Å²) in [5.41, 5.74) is 9.43. The fraction of sp³-hybridized carbons (Fsp3) is 0.522. The van der Waals surface area contributed by atoms with E-state index >= 15 is 0 Å². The highest BCUT2D eigenvalue weighted by atomic mass is 16.1. The molecule has 0 saturated carbocycles. The summed E-state index contributed by atoms with van der Waals surface area (Å²) in [7, 11) is 0. The van der Waals surface area contributed by atoms with Gasteiger partial charge in [0.2, 0.25) is 0 Å². The van der Waals surface area contributed by atoms with Gasteiger partial charge < -0.3 is 16.1 Å². The second kappa shape index (κ2) is 12.1. The molecule has 2 rings (SSSR count). The molecule has 1 aromatic heterocycles. The summed E-state index contributed by atoms with van der Waals surface area (Å²) in [6.07, 6.45) is 4.51. The molecule has 5 N–H and O–H groups in total. The van der Waals surface area contributed by atoms with E-state index in [-0.39, 0.29) is 24.0 Å². The van der Waals surface area contributed by atoms with Crippen LogP contribution in [0.4, 0.5) is 0 Å². The fourth-order valence-corrected chi connectivity index (χ4v) is 2.61. The zero-order chi connectivity index (χ0) is 23.7. The number of aromatic nitrogens is 3. The number of hydrazine groups is 1. The zero-order valence-electron chi connectivity index (χ0n) is 20.2. The fourth-order valence-electron chi connectivity index (χ4n) is 2.61. The van der Waals surface area contributed by atoms with E-state index in [2.05, 4.69) is 29.5 Å². The molecular weight excluding hydrogens is 390 g/mol. The molecule has 1 atom stereocenters. The number of nitrogens with two attached hydrogens (primary N) is 2. The highest BCUT2D eigenvalue weighted by Gasteiger charge is 2.15. The van der Waals surface area contributed by atoms with Crippen LogP contribution < -0.4 is 16.9 Å². The van der Waals surface area contributed by atoms with Crippen LogP contribution in [0.15, 0.2) is 30.6 Å². The third kappa shape index (κ3) is 7.40. The Morgan fingerprint density at radius 3 is 2.32 bits per heavy atom. The maximum absolute atomic E-state index is 12.7. The minimum Gasteiger partial charge on any atom is -0.397 e. The van der Waals surface area contributed by atoms with E-state index in [1.807, 2.05) is 64.6 Å². The molecule has 8 heteroatoms. The monoisotopic (exact) mass is 429 g/mol. The Morgan fingerprint density at radius 2 is 1.77 bits per heavy atom. The Balaban J connectivity index is 0.00000233. The molecule has 0 aliphatic carbocycles. The molecule has 1 unspecified atom stereocenters. The van der Waals surface area contributed by atoms with Crippen molar-refractivity contribution in [2.24, 2.45) is 11.6 Å². The van der Waals surface area contributed by atoms with Gasteiger partial charge in [0.15, 0.2) is 0 Å². The zero-order valence-corrected chi connectivity index (χ0v) is 20.2. The Bertz CT molecular complexity index is 871. The van der Waals surface area contributed by atoms with E-state index in [1.165, 1.54) is 5.01 Å². The predicted molar refractivity (Wildman–Crippen MR) is 128 cm³/mol. The Morgan fingerprint density at radius 1 is 1.16 bits per heavy atom. The van der Waals surface area contributed by atoms with Crippen molar-refractivity contribution in [3.63, 3.8) is 0 Å². The molecular formula is C23H39N7O. The molecule has 0 aliphatic rings. The SMILES string of the molecule is CC.CCC(C)n1cc(-c2cc(C(=O)NC(C)C)cc(/C(N)=C/N(N)C(C)C)c2)nn1. The van der Waals surface area contributed by atoms with Gasteiger partial charge in [0.1, 0.15) is 5.69 Å². The lowest BCUT2D eigenvalue weighted by Gasteiger charge is -2.19. The lowest BCUT2D eigenvalue weighted by molar-refractivity contribution is 0.0943. The lowest BCUT2D eigenvalue weighted by atomic mass is 10.0. The highest BCUT2D eigenvalue weighted by Crippen LogP contribution is 2.24. The largest absolute Gasteiger partial charge is 0.397 e.